The number of hydrogen-bond donors (Lipinski definition) is 1. The third-order valence-corrected chi connectivity index (χ3v) is 6.58. The van der Waals surface area contributed by atoms with Crippen molar-refractivity contribution in [2.75, 3.05) is 37.7 Å². The molecule has 0 radical (unpaired) electrons. The second-order valence-corrected chi connectivity index (χ2v) is 10.9. The number of halogens is 1. The van der Waals surface area contributed by atoms with Crippen LogP contribution in [0.5, 0.6) is 0 Å². The van der Waals surface area contributed by atoms with Gasteiger partial charge in [0.25, 0.3) is 0 Å². The number of aliphatic hydroxyl groups excluding tert-OH is 1. The van der Waals surface area contributed by atoms with Gasteiger partial charge >= 0.3 is 6.09 Å². The Morgan fingerprint density at radius 1 is 1.26 bits per heavy atom. The molecule has 8 nitrogen and oxygen atoms in total. The maximum Gasteiger partial charge on any atom is 0.410 e. The topological polar surface area (TPSA) is 83.7 Å². The molecule has 182 valence electrons. The van der Waals surface area contributed by atoms with E-state index < -0.39 is 5.60 Å². The maximum atomic E-state index is 12.1. The highest BCUT2D eigenvalue weighted by atomic mass is 35.5. The lowest BCUT2D eigenvalue weighted by molar-refractivity contribution is -0.000391. The molecule has 2 aliphatic heterocycles. The Labute approximate surface area is 205 Å². The fourth-order valence-corrected chi connectivity index (χ4v) is 4.22. The molecule has 1 amide bonds. The average molecular weight is 486 g/mol. The summed E-state index contributed by atoms with van der Waals surface area (Å²) in [6.45, 7) is 10.7. The molecule has 34 heavy (non-hydrogen) atoms. The average Bonchev–Trinajstić information content (AvgIpc) is 3.19. The molecular formula is C25H32ClN5O3. The normalized spacial score (nSPS) is 18.2. The molecular weight excluding hydrogens is 454 g/mol. The molecule has 2 fully saturated rings. The van der Waals surface area contributed by atoms with E-state index >= 15 is 0 Å². The fourth-order valence-electron chi connectivity index (χ4n) is 4.06. The Balaban J connectivity index is 1.42. The molecule has 2 aliphatic rings. The number of piperidine rings is 1. The van der Waals surface area contributed by atoms with Crippen LogP contribution in [0, 0.1) is 17.3 Å². The van der Waals surface area contributed by atoms with Gasteiger partial charge in [-0.2, -0.15) is 5.10 Å². The zero-order valence-electron chi connectivity index (χ0n) is 20.2. The number of anilines is 1. The van der Waals surface area contributed by atoms with Crippen molar-refractivity contribution in [3.8, 4) is 11.8 Å². The van der Waals surface area contributed by atoms with Gasteiger partial charge in [-0.3, -0.25) is 4.68 Å². The molecule has 0 atom stereocenters. The number of ether oxygens (including phenoxy) is 1. The van der Waals surface area contributed by atoms with Crippen LogP contribution in [0.2, 0.25) is 5.15 Å². The molecule has 0 bridgehead atoms. The van der Waals surface area contributed by atoms with Gasteiger partial charge in [-0.15, -0.1) is 0 Å². The lowest BCUT2D eigenvalue weighted by Gasteiger charge is -2.39. The Kier molecular flexibility index (Phi) is 6.79. The first-order valence-corrected chi connectivity index (χ1v) is 12.0. The first-order chi connectivity index (χ1) is 16.0. The van der Waals surface area contributed by atoms with E-state index in [0.29, 0.717) is 18.2 Å². The van der Waals surface area contributed by atoms with Gasteiger partial charge in [0.05, 0.1) is 29.1 Å². The minimum absolute atomic E-state index is 0.0334. The number of aromatic nitrogens is 3. The van der Waals surface area contributed by atoms with Crippen LogP contribution < -0.4 is 4.90 Å². The third kappa shape index (κ3) is 5.65. The molecule has 9 heteroatoms. The summed E-state index contributed by atoms with van der Waals surface area (Å²) >= 11 is 6.19. The minimum atomic E-state index is -0.501. The minimum Gasteiger partial charge on any atom is -0.444 e. The van der Waals surface area contributed by atoms with Crippen molar-refractivity contribution in [1.29, 1.82) is 0 Å². The molecule has 0 aromatic carbocycles. The van der Waals surface area contributed by atoms with Gasteiger partial charge in [-0.1, -0.05) is 30.4 Å². The Bertz CT molecular complexity index is 1100. The molecule has 1 N–H and O–H groups in total. The van der Waals surface area contributed by atoms with Crippen LogP contribution in [-0.4, -0.2) is 69.3 Å². The third-order valence-electron chi connectivity index (χ3n) is 6.37. The number of likely N-dealkylation sites (tertiary alicyclic amines) is 1. The molecule has 0 spiro atoms. The quantitative estimate of drug-likeness (QED) is 0.527. The van der Waals surface area contributed by atoms with Crippen LogP contribution in [0.3, 0.4) is 0 Å². The maximum absolute atomic E-state index is 12.1. The van der Waals surface area contributed by atoms with E-state index in [0.717, 1.165) is 42.7 Å². The summed E-state index contributed by atoms with van der Waals surface area (Å²) in [6.07, 6.45) is 6.87. The molecule has 4 rings (SSSR count). The van der Waals surface area contributed by atoms with Crippen LogP contribution in [-0.2, 0) is 4.74 Å². The second kappa shape index (κ2) is 9.47. The number of nitrogens with zero attached hydrogens (tertiary/aromatic N) is 5. The summed E-state index contributed by atoms with van der Waals surface area (Å²) < 4.78 is 7.26. The fraction of sp³-hybridized carbons (Fsp3) is 0.560. The first kappa shape index (κ1) is 24.4. The molecule has 0 unspecified atom stereocenters. The summed E-state index contributed by atoms with van der Waals surface area (Å²) in [5.74, 6) is 6.42. The summed E-state index contributed by atoms with van der Waals surface area (Å²) in [6, 6.07) is 1.97. The van der Waals surface area contributed by atoms with Gasteiger partial charge in [0, 0.05) is 51.2 Å². The summed E-state index contributed by atoms with van der Waals surface area (Å²) in [5, 5.41) is 14.5. The summed E-state index contributed by atoms with van der Waals surface area (Å²) in [7, 11) is 0. The van der Waals surface area contributed by atoms with E-state index in [1.807, 2.05) is 37.7 Å². The molecule has 0 saturated carbocycles. The van der Waals surface area contributed by atoms with Crippen LogP contribution in [0.25, 0.3) is 0 Å². The Morgan fingerprint density at radius 3 is 2.62 bits per heavy atom. The van der Waals surface area contributed by atoms with Crippen molar-refractivity contribution in [2.24, 2.45) is 5.41 Å². The first-order valence-electron chi connectivity index (χ1n) is 11.6. The standard InChI is InChI=1S/C25H32ClN5O3/c1-24(2,3)34-23(33)30-15-20(16-30)31-14-18(12-28-31)5-6-19-13-27-22(26)11-21(19)29-9-7-25(4,17-32)8-10-29/h11-14,20,32H,7-10,15-17H2,1-4H3. The van der Waals surface area contributed by atoms with Crippen LogP contribution in [0.4, 0.5) is 10.5 Å². The highest BCUT2D eigenvalue weighted by molar-refractivity contribution is 6.29. The van der Waals surface area contributed by atoms with Crippen molar-refractivity contribution in [3.63, 3.8) is 0 Å². The van der Waals surface area contributed by atoms with Gasteiger partial charge in [-0.05, 0) is 39.0 Å². The van der Waals surface area contributed by atoms with Crippen molar-refractivity contribution in [2.45, 2.75) is 52.2 Å². The van der Waals surface area contributed by atoms with E-state index in [-0.39, 0.29) is 24.2 Å². The molecule has 4 heterocycles. The van der Waals surface area contributed by atoms with Crippen LogP contribution >= 0.6 is 11.6 Å². The number of pyridine rings is 1. The second-order valence-electron chi connectivity index (χ2n) is 10.5. The number of amides is 1. The zero-order valence-corrected chi connectivity index (χ0v) is 21.0. The van der Waals surface area contributed by atoms with E-state index in [1.165, 1.54) is 0 Å². The van der Waals surface area contributed by atoms with Gasteiger partial charge in [0.15, 0.2) is 0 Å². The SMILES string of the molecule is CC1(CO)CCN(c2cc(Cl)ncc2C#Cc2cnn(C3CN(C(=O)OC(C)(C)C)C3)c2)CC1. The molecule has 0 aliphatic carbocycles. The summed E-state index contributed by atoms with van der Waals surface area (Å²) in [5.41, 5.74) is 2.03. The monoisotopic (exact) mass is 485 g/mol. The molecule has 2 aromatic heterocycles. The number of rotatable bonds is 3. The highest BCUT2D eigenvalue weighted by Gasteiger charge is 2.35. The van der Waals surface area contributed by atoms with Gasteiger partial charge in [-0.25, -0.2) is 9.78 Å². The molecule has 2 saturated heterocycles. The van der Waals surface area contributed by atoms with E-state index in [9.17, 15) is 9.90 Å². The number of carbonyl (C=O) groups is 1. The van der Waals surface area contributed by atoms with Crippen molar-refractivity contribution in [1.82, 2.24) is 19.7 Å². The predicted octanol–water partition coefficient (Wildman–Crippen LogP) is 3.72. The zero-order chi connectivity index (χ0) is 24.5. The van der Waals surface area contributed by atoms with Gasteiger partial charge < -0.3 is 19.6 Å². The highest BCUT2D eigenvalue weighted by Crippen LogP contribution is 2.34. The van der Waals surface area contributed by atoms with Gasteiger partial charge in [0.2, 0.25) is 0 Å². The van der Waals surface area contributed by atoms with Gasteiger partial charge in [0.1, 0.15) is 10.8 Å². The largest absolute Gasteiger partial charge is 0.444 e. The van der Waals surface area contributed by atoms with E-state index in [2.05, 4.69) is 33.7 Å². The Morgan fingerprint density at radius 2 is 1.97 bits per heavy atom. The lowest BCUT2D eigenvalue weighted by atomic mass is 9.81. The van der Waals surface area contributed by atoms with E-state index in [1.54, 1.807) is 17.3 Å². The lowest BCUT2D eigenvalue weighted by Crippen LogP contribution is -2.52. The van der Waals surface area contributed by atoms with Crippen LogP contribution in [0.1, 0.15) is 57.7 Å². The Hall–Kier alpha value is -2.76. The molecule has 2 aromatic rings. The van der Waals surface area contributed by atoms with Crippen molar-refractivity contribution < 1.29 is 14.6 Å². The van der Waals surface area contributed by atoms with Crippen LogP contribution in [0.15, 0.2) is 24.7 Å². The summed E-state index contributed by atoms with van der Waals surface area (Å²) in [4.78, 5) is 20.3. The van der Waals surface area contributed by atoms with Crippen molar-refractivity contribution in [3.05, 3.63) is 40.9 Å². The van der Waals surface area contributed by atoms with E-state index in [4.69, 9.17) is 16.3 Å². The number of hydrogen-bond acceptors (Lipinski definition) is 6. The smallest absolute Gasteiger partial charge is 0.410 e. The predicted molar refractivity (Wildman–Crippen MR) is 131 cm³/mol. The number of carbonyl (C=O) groups excluding carboxylic acids is 1. The number of aliphatic hydroxyl groups is 1. The van der Waals surface area contributed by atoms with Crippen molar-refractivity contribution >= 4 is 23.4 Å².